The summed E-state index contributed by atoms with van der Waals surface area (Å²) in [5, 5.41) is 6.28. The number of hydrogen-bond acceptors (Lipinski definition) is 2. The Morgan fingerprint density at radius 1 is 1.61 bits per heavy atom. The minimum atomic E-state index is -0.0775. The molecular weight excluding hydrogens is 298 g/mol. The van der Waals surface area contributed by atoms with Crippen molar-refractivity contribution in [3.8, 4) is 0 Å². The van der Waals surface area contributed by atoms with E-state index in [-0.39, 0.29) is 5.91 Å². The number of rotatable bonds is 7. The van der Waals surface area contributed by atoms with Crippen LogP contribution in [0.15, 0.2) is 21.9 Å². The molecule has 0 saturated carbocycles. The molecule has 1 rings (SSSR count). The Labute approximate surface area is 114 Å². The molecule has 1 heterocycles. The van der Waals surface area contributed by atoms with Crippen LogP contribution in [0.3, 0.4) is 0 Å². The van der Waals surface area contributed by atoms with Gasteiger partial charge in [0.05, 0.1) is 0 Å². The number of carbonyl (C=O) groups is 1. The van der Waals surface area contributed by atoms with Crippen LogP contribution >= 0.6 is 15.9 Å². The highest BCUT2D eigenvalue weighted by Gasteiger charge is 2.11. The van der Waals surface area contributed by atoms with E-state index in [1.54, 1.807) is 6.07 Å². The fourth-order valence-corrected chi connectivity index (χ4v) is 2.04. The van der Waals surface area contributed by atoms with Crippen molar-refractivity contribution >= 4 is 21.8 Å². The third kappa shape index (κ3) is 4.43. The zero-order valence-electron chi connectivity index (χ0n) is 10.3. The van der Waals surface area contributed by atoms with Crippen LogP contribution in [0, 0.1) is 0 Å². The summed E-state index contributed by atoms with van der Waals surface area (Å²) in [5.74, 6) is -0.0775. The average molecular weight is 314 g/mol. The molecule has 7 heteroatoms. The molecule has 0 aliphatic carbocycles. The molecule has 1 aromatic heterocycles. The second-order valence-corrected chi connectivity index (χ2v) is 4.66. The second kappa shape index (κ2) is 7.79. The lowest BCUT2D eigenvalue weighted by Crippen LogP contribution is -2.26. The molecule has 0 unspecified atom stereocenters. The maximum absolute atomic E-state index is 11.9. The van der Waals surface area contributed by atoms with Gasteiger partial charge in [-0.1, -0.05) is 5.11 Å². The minimum absolute atomic E-state index is 0.0775. The SMILES string of the molecule is CCn1cc(Br)cc1C(=O)NCCCCN=[N+]=[N-]. The first-order valence-corrected chi connectivity index (χ1v) is 6.63. The zero-order chi connectivity index (χ0) is 13.4. The number of amides is 1. The van der Waals surface area contributed by atoms with Gasteiger partial charge in [0.25, 0.3) is 5.91 Å². The Morgan fingerprint density at radius 3 is 3.06 bits per heavy atom. The maximum atomic E-state index is 11.9. The van der Waals surface area contributed by atoms with Gasteiger partial charge in [-0.25, -0.2) is 0 Å². The number of azide groups is 1. The van der Waals surface area contributed by atoms with Crippen LogP contribution in [0.2, 0.25) is 0 Å². The lowest BCUT2D eigenvalue weighted by molar-refractivity contribution is 0.0944. The van der Waals surface area contributed by atoms with E-state index in [4.69, 9.17) is 5.53 Å². The Kier molecular flexibility index (Phi) is 6.32. The van der Waals surface area contributed by atoms with Crippen molar-refractivity contribution in [2.45, 2.75) is 26.3 Å². The van der Waals surface area contributed by atoms with Crippen LogP contribution in [0.25, 0.3) is 10.4 Å². The molecule has 0 spiro atoms. The molecule has 1 N–H and O–H groups in total. The van der Waals surface area contributed by atoms with Gasteiger partial charge in [0.2, 0.25) is 0 Å². The molecule has 0 fully saturated rings. The quantitative estimate of drug-likeness (QED) is 0.357. The summed E-state index contributed by atoms with van der Waals surface area (Å²) in [5.41, 5.74) is 8.75. The van der Waals surface area contributed by atoms with E-state index in [2.05, 4.69) is 31.3 Å². The molecule has 6 nitrogen and oxygen atoms in total. The summed E-state index contributed by atoms with van der Waals surface area (Å²) in [6.45, 7) is 3.81. The Hall–Kier alpha value is -1.46. The van der Waals surface area contributed by atoms with Crippen LogP contribution in [0.4, 0.5) is 0 Å². The number of hydrogen-bond donors (Lipinski definition) is 1. The van der Waals surface area contributed by atoms with Crippen molar-refractivity contribution in [2.75, 3.05) is 13.1 Å². The first-order chi connectivity index (χ1) is 8.69. The number of aromatic nitrogens is 1. The lowest BCUT2D eigenvalue weighted by atomic mass is 10.3. The van der Waals surface area contributed by atoms with E-state index in [0.29, 0.717) is 18.8 Å². The molecule has 0 bridgehead atoms. The predicted molar refractivity (Wildman–Crippen MR) is 73.4 cm³/mol. The van der Waals surface area contributed by atoms with Gasteiger partial charge in [0, 0.05) is 35.2 Å². The number of unbranched alkanes of at least 4 members (excludes halogenated alkanes) is 1. The van der Waals surface area contributed by atoms with E-state index in [1.807, 2.05) is 17.7 Å². The van der Waals surface area contributed by atoms with Crippen molar-refractivity contribution in [3.05, 3.63) is 32.9 Å². The third-order valence-corrected chi connectivity index (χ3v) is 2.90. The van der Waals surface area contributed by atoms with Gasteiger partial charge in [-0.05, 0) is 47.3 Å². The number of carbonyl (C=O) groups excluding carboxylic acids is 1. The van der Waals surface area contributed by atoms with E-state index in [9.17, 15) is 4.79 Å². The van der Waals surface area contributed by atoms with Crippen LogP contribution in [0.5, 0.6) is 0 Å². The first kappa shape index (κ1) is 14.6. The number of halogens is 1. The predicted octanol–water partition coefficient (Wildman–Crippen LogP) is 3.09. The average Bonchev–Trinajstić information content (AvgIpc) is 2.74. The largest absolute Gasteiger partial charge is 0.351 e. The van der Waals surface area contributed by atoms with Crippen LogP contribution in [-0.4, -0.2) is 23.6 Å². The lowest BCUT2D eigenvalue weighted by Gasteiger charge is -2.07. The van der Waals surface area contributed by atoms with Crippen LogP contribution in [-0.2, 0) is 6.54 Å². The van der Waals surface area contributed by atoms with Gasteiger partial charge in [0.1, 0.15) is 5.69 Å². The van der Waals surface area contributed by atoms with Gasteiger partial charge < -0.3 is 9.88 Å². The second-order valence-electron chi connectivity index (χ2n) is 3.75. The fraction of sp³-hybridized carbons (Fsp3) is 0.545. The van der Waals surface area contributed by atoms with Gasteiger partial charge >= 0.3 is 0 Å². The summed E-state index contributed by atoms with van der Waals surface area (Å²) in [6.07, 6.45) is 3.47. The smallest absolute Gasteiger partial charge is 0.267 e. The highest BCUT2D eigenvalue weighted by Crippen LogP contribution is 2.14. The van der Waals surface area contributed by atoms with Crippen molar-refractivity contribution in [1.82, 2.24) is 9.88 Å². The summed E-state index contributed by atoms with van der Waals surface area (Å²) in [4.78, 5) is 14.6. The molecule has 18 heavy (non-hydrogen) atoms. The van der Waals surface area contributed by atoms with E-state index < -0.39 is 0 Å². The monoisotopic (exact) mass is 313 g/mol. The van der Waals surface area contributed by atoms with Gasteiger partial charge in [-0.3, -0.25) is 4.79 Å². The number of nitrogens with zero attached hydrogens (tertiary/aromatic N) is 4. The molecule has 0 atom stereocenters. The van der Waals surface area contributed by atoms with Crippen LogP contribution in [0.1, 0.15) is 30.3 Å². The molecule has 0 saturated heterocycles. The van der Waals surface area contributed by atoms with Gasteiger partial charge in [-0.2, -0.15) is 0 Å². The van der Waals surface area contributed by atoms with Gasteiger partial charge in [0.15, 0.2) is 0 Å². The molecule has 1 aromatic rings. The summed E-state index contributed by atoms with van der Waals surface area (Å²) >= 11 is 3.36. The van der Waals surface area contributed by atoms with Crippen molar-refractivity contribution in [2.24, 2.45) is 5.11 Å². The normalized spacial score (nSPS) is 9.89. The standard InChI is InChI=1S/C11H16BrN5O/c1-2-17-8-9(12)7-10(17)11(18)14-5-3-4-6-15-16-13/h7-8H,2-6H2,1H3,(H,14,18). The molecule has 0 aliphatic heterocycles. The third-order valence-electron chi connectivity index (χ3n) is 2.47. The highest BCUT2D eigenvalue weighted by molar-refractivity contribution is 9.10. The molecule has 98 valence electrons. The number of nitrogens with one attached hydrogen (secondary N) is 1. The molecular formula is C11H16BrN5O. The Balaban J connectivity index is 2.38. The minimum Gasteiger partial charge on any atom is -0.351 e. The fourth-order valence-electron chi connectivity index (χ4n) is 1.57. The van der Waals surface area contributed by atoms with E-state index >= 15 is 0 Å². The van der Waals surface area contributed by atoms with Crippen molar-refractivity contribution < 1.29 is 4.79 Å². The molecule has 1 amide bonds. The maximum Gasteiger partial charge on any atom is 0.267 e. The molecule has 0 radical (unpaired) electrons. The highest BCUT2D eigenvalue weighted by atomic mass is 79.9. The van der Waals surface area contributed by atoms with Gasteiger partial charge in [-0.15, -0.1) is 0 Å². The Morgan fingerprint density at radius 2 is 2.39 bits per heavy atom. The van der Waals surface area contributed by atoms with E-state index in [1.165, 1.54) is 0 Å². The van der Waals surface area contributed by atoms with Crippen molar-refractivity contribution in [3.63, 3.8) is 0 Å². The summed E-state index contributed by atoms with van der Waals surface area (Å²) in [7, 11) is 0. The number of aryl methyl sites for hydroxylation is 1. The molecule has 0 aromatic carbocycles. The Bertz CT molecular complexity index is 450. The first-order valence-electron chi connectivity index (χ1n) is 5.83. The summed E-state index contributed by atoms with van der Waals surface area (Å²) in [6, 6.07) is 1.80. The van der Waals surface area contributed by atoms with Crippen molar-refractivity contribution in [1.29, 1.82) is 0 Å². The molecule has 0 aliphatic rings. The topological polar surface area (TPSA) is 82.8 Å². The van der Waals surface area contributed by atoms with E-state index in [0.717, 1.165) is 23.9 Å². The van der Waals surface area contributed by atoms with Crippen LogP contribution < -0.4 is 5.32 Å². The summed E-state index contributed by atoms with van der Waals surface area (Å²) < 4.78 is 2.79. The zero-order valence-corrected chi connectivity index (χ0v) is 11.9.